The maximum atomic E-state index is 11.4. The number of carboxylic acid groups (broad SMARTS) is 1. The maximum Gasteiger partial charge on any atom is 0.310 e. The van der Waals surface area contributed by atoms with Gasteiger partial charge in [-0.25, -0.2) is 0 Å². The highest BCUT2D eigenvalue weighted by Gasteiger charge is 2.47. The van der Waals surface area contributed by atoms with Crippen LogP contribution in [0.25, 0.3) is 0 Å². The summed E-state index contributed by atoms with van der Waals surface area (Å²) < 4.78 is 5.41. The Morgan fingerprint density at radius 3 is 2.50 bits per heavy atom. The van der Waals surface area contributed by atoms with Gasteiger partial charge in [-0.3, -0.25) is 4.79 Å². The first-order valence-corrected chi connectivity index (χ1v) is 5.57. The molecule has 1 saturated heterocycles. The molecule has 2 fully saturated rings. The van der Waals surface area contributed by atoms with Crippen LogP contribution in [0.3, 0.4) is 0 Å². The van der Waals surface area contributed by atoms with Crippen molar-refractivity contribution in [1.82, 2.24) is 0 Å². The predicted octanol–water partition coefficient (Wildman–Crippen LogP) is 2.06. The van der Waals surface area contributed by atoms with E-state index in [-0.39, 0.29) is 5.92 Å². The van der Waals surface area contributed by atoms with Crippen LogP contribution >= 0.6 is 0 Å². The normalized spacial score (nSPS) is 31.6. The molecule has 0 bridgehead atoms. The number of carbonyl (C=O) groups is 1. The van der Waals surface area contributed by atoms with Crippen LogP contribution in [0.2, 0.25) is 0 Å². The van der Waals surface area contributed by atoms with Crippen molar-refractivity contribution in [3.8, 4) is 0 Å². The molecule has 0 spiro atoms. The SMILES string of the molecule is O=C(O)C1(C2CCCOC2)CCCC1. The third-order valence-corrected chi connectivity index (χ3v) is 3.86. The van der Waals surface area contributed by atoms with Crippen LogP contribution in [-0.4, -0.2) is 24.3 Å². The molecule has 80 valence electrons. The molecular weight excluding hydrogens is 180 g/mol. The third-order valence-electron chi connectivity index (χ3n) is 3.86. The monoisotopic (exact) mass is 198 g/mol. The molecule has 1 aliphatic carbocycles. The van der Waals surface area contributed by atoms with Crippen molar-refractivity contribution in [2.24, 2.45) is 11.3 Å². The highest BCUT2D eigenvalue weighted by Crippen LogP contribution is 2.47. The molecule has 1 heterocycles. The van der Waals surface area contributed by atoms with Gasteiger partial charge >= 0.3 is 5.97 Å². The van der Waals surface area contributed by atoms with Crippen LogP contribution in [0.5, 0.6) is 0 Å². The second-order valence-corrected chi connectivity index (χ2v) is 4.58. The average Bonchev–Trinajstić information content (AvgIpc) is 2.69. The fourth-order valence-electron chi connectivity index (χ4n) is 2.98. The predicted molar refractivity (Wildman–Crippen MR) is 52.1 cm³/mol. The number of hydrogen-bond acceptors (Lipinski definition) is 2. The summed E-state index contributed by atoms with van der Waals surface area (Å²) >= 11 is 0. The first-order chi connectivity index (χ1) is 6.76. The molecule has 0 aromatic heterocycles. The van der Waals surface area contributed by atoms with Gasteiger partial charge in [0, 0.05) is 6.61 Å². The summed E-state index contributed by atoms with van der Waals surface area (Å²) in [7, 11) is 0. The van der Waals surface area contributed by atoms with Crippen LogP contribution in [0.1, 0.15) is 38.5 Å². The molecule has 1 atom stereocenters. The van der Waals surface area contributed by atoms with E-state index < -0.39 is 11.4 Å². The molecule has 2 aliphatic rings. The van der Waals surface area contributed by atoms with Crippen molar-refractivity contribution in [3.05, 3.63) is 0 Å². The van der Waals surface area contributed by atoms with Crippen LogP contribution < -0.4 is 0 Å². The Kier molecular flexibility index (Phi) is 2.77. The zero-order chi connectivity index (χ0) is 10.0. The zero-order valence-electron chi connectivity index (χ0n) is 8.50. The smallest absolute Gasteiger partial charge is 0.310 e. The molecular formula is C11H18O3. The summed E-state index contributed by atoms with van der Waals surface area (Å²) in [5, 5.41) is 9.36. The zero-order valence-corrected chi connectivity index (χ0v) is 8.50. The van der Waals surface area contributed by atoms with E-state index in [0.717, 1.165) is 45.1 Å². The first kappa shape index (κ1) is 9.97. The van der Waals surface area contributed by atoms with Gasteiger partial charge < -0.3 is 9.84 Å². The van der Waals surface area contributed by atoms with E-state index in [2.05, 4.69) is 0 Å². The van der Waals surface area contributed by atoms with E-state index in [0.29, 0.717) is 6.61 Å². The van der Waals surface area contributed by atoms with Crippen LogP contribution in [0.4, 0.5) is 0 Å². The lowest BCUT2D eigenvalue weighted by Gasteiger charge is -2.36. The van der Waals surface area contributed by atoms with Gasteiger partial charge in [0.05, 0.1) is 12.0 Å². The Balaban J connectivity index is 2.12. The van der Waals surface area contributed by atoms with Crippen molar-refractivity contribution in [2.75, 3.05) is 13.2 Å². The van der Waals surface area contributed by atoms with Crippen LogP contribution in [-0.2, 0) is 9.53 Å². The van der Waals surface area contributed by atoms with Gasteiger partial charge in [-0.15, -0.1) is 0 Å². The summed E-state index contributed by atoms with van der Waals surface area (Å²) in [4.78, 5) is 11.4. The second-order valence-electron chi connectivity index (χ2n) is 4.58. The molecule has 1 saturated carbocycles. The number of aliphatic carboxylic acids is 1. The highest BCUT2D eigenvalue weighted by atomic mass is 16.5. The Morgan fingerprint density at radius 2 is 2.00 bits per heavy atom. The molecule has 14 heavy (non-hydrogen) atoms. The molecule has 1 N–H and O–H groups in total. The molecule has 0 aromatic carbocycles. The van der Waals surface area contributed by atoms with Gasteiger partial charge in [0.2, 0.25) is 0 Å². The minimum absolute atomic E-state index is 0.260. The standard InChI is InChI=1S/C11H18O3/c12-10(13)11(5-1-2-6-11)9-4-3-7-14-8-9/h9H,1-8H2,(H,12,13). The van der Waals surface area contributed by atoms with E-state index >= 15 is 0 Å². The maximum absolute atomic E-state index is 11.4. The molecule has 3 heteroatoms. The summed E-state index contributed by atoms with van der Waals surface area (Å²) in [6.07, 6.45) is 5.92. The topological polar surface area (TPSA) is 46.5 Å². The minimum Gasteiger partial charge on any atom is -0.481 e. The first-order valence-electron chi connectivity index (χ1n) is 5.57. The van der Waals surface area contributed by atoms with Crippen LogP contribution in [0, 0.1) is 11.3 Å². The van der Waals surface area contributed by atoms with E-state index in [1.165, 1.54) is 0 Å². The molecule has 0 radical (unpaired) electrons. The van der Waals surface area contributed by atoms with Crippen molar-refractivity contribution in [2.45, 2.75) is 38.5 Å². The van der Waals surface area contributed by atoms with Crippen molar-refractivity contribution >= 4 is 5.97 Å². The Morgan fingerprint density at radius 1 is 1.29 bits per heavy atom. The Labute approximate surface area is 84.4 Å². The average molecular weight is 198 g/mol. The third kappa shape index (κ3) is 1.54. The number of ether oxygens (including phenoxy) is 1. The molecule has 3 nitrogen and oxygen atoms in total. The van der Waals surface area contributed by atoms with Gasteiger partial charge in [0.25, 0.3) is 0 Å². The van der Waals surface area contributed by atoms with Crippen LogP contribution in [0.15, 0.2) is 0 Å². The molecule has 1 unspecified atom stereocenters. The number of hydrogen-bond donors (Lipinski definition) is 1. The number of carboxylic acids is 1. The molecule has 0 aromatic rings. The lowest BCUT2D eigenvalue weighted by molar-refractivity contribution is -0.156. The minimum atomic E-state index is -0.592. The summed E-state index contributed by atoms with van der Waals surface area (Å²) in [5.74, 6) is -0.332. The second kappa shape index (κ2) is 3.89. The fraction of sp³-hybridized carbons (Fsp3) is 0.909. The molecule has 0 amide bonds. The molecule has 1 aliphatic heterocycles. The van der Waals surface area contributed by atoms with Crippen molar-refractivity contribution in [3.63, 3.8) is 0 Å². The van der Waals surface area contributed by atoms with Crippen molar-refractivity contribution in [1.29, 1.82) is 0 Å². The van der Waals surface area contributed by atoms with Gasteiger partial charge in [-0.1, -0.05) is 12.8 Å². The number of rotatable bonds is 2. The summed E-state index contributed by atoms with van der Waals surface area (Å²) in [6, 6.07) is 0. The van der Waals surface area contributed by atoms with Gasteiger partial charge in [-0.05, 0) is 31.6 Å². The molecule has 2 rings (SSSR count). The summed E-state index contributed by atoms with van der Waals surface area (Å²) in [6.45, 7) is 1.47. The van der Waals surface area contributed by atoms with Gasteiger partial charge in [0.15, 0.2) is 0 Å². The van der Waals surface area contributed by atoms with Gasteiger partial charge in [0.1, 0.15) is 0 Å². The van der Waals surface area contributed by atoms with E-state index in [4.69, 9.17) is 4.74 Å². The lowest BCUT2D eigenvalue weighted by atomic mass is 9.71. The lowest BCUT2D eigenvalue weighted by Crippen LogP contribution is -2.40. The van der Waals surface area contributed by atoms with E-state index in [1.807, 2.05) is 0 Å². The highest BCUT2D eigenvalue weighted by molar-refractivity contribution is 5.75. The quantitative estimate of drug-likeness (QED) is 0.738. The summed E-state index contributed by atoms with van der Waals surface area (Å²) in [5.41, 5.74) is -0.444. The van der Waals surface area contributed by atoms with E-state index in [1.54, 1.807) is 0 Å². The van der Waals surface area contributed by atoms with E-state index in [9.17, 15) is 9.90 Å². The Hall–Kier alpha value is -0.570. The largest absolute Gasteiger partial charge is 0.481 e. The van der Waals surface area contributed by atoms with Gasteiger partial charge in [-0.2, -0.15) is 0 Å². The fourth-order valence-corrected chi connectivity index (χ4v) is 2.98. The van der Waals surface area contributed by atoms with Crippen molar-refractivity contribution < 1.29 is 14.6 Å². The Bertz CT molecular complexity index is 213.